The molecule has 0 aromatic heterocycles. The largest absolute Gasteiger partial charge is 0.399 e. The molecule has 1 fully saturated rings. The second-order valence-electron chi connectivity index (χ2n) is 4.46. The summed E-state index contributed by atoms with van der Waals surface area (Å²) in [6.07, 6.45) is 0.974. The zero-order valence-electron chi connectivity index (χ0n) is 9.74. The number of likely N-dealkylation sites (tertiary alicyclic amines) is 1. The predicted octanol–water partition coefficient (Wildman–Crippen LogP) is 1.36. The Morgan fingerprint density at radius 2 is 2.35 bits per heavy atom. The Labute approximate surface area is 106 Å². The van der Waals surface area contributed by atoms with Crippen LogP contribution in [0, 0.1) is 0 Å². The first-order chi connectivity index (χ1) is 8.06. The number of benzene rings is 1. The van der Waals surface area contributed by atoms with E-state index in [2.05, 4.69) is 10.2 Å². The number of nitrogens with one attached hydrogen (secondary N) is 1. The van der Waals surface area contributed by atoms with Crippen molar-refractivity contribution in [2.75, 3.05) is 25.9 Å². The summed E-state index contributed by atoms with van der Waals surface area (Å²) >= 11 is 5.98. The van der Waals surface area contributed by atoms with E-state index < -0.39 is 0 Å². The molecule has 3 N–H and O–H groups in total. The highest BCUT2D eigenvalue weighted by atomic mass is 35.5. The van der Waals surface area contributed by atoms with Crippen LogP contribution in [-0.2, 0) is 0 Å². The molecule has 4 nitrogen and oxygen atoms in total. The van der Waals surface area contributed by atoms with E-state index in [-0.39, 0.29) is 11.9 Å². The lowest BCUT2D eigenvalue weighted by atomic mass is 10.1. The molecule has 1 aromatic rings. The molecule has 5 heteroatoms. The maximum atomic E-state index is 12.0. The molecule has 1 aliphatic heterocycles. The molecule has 92 valence electrons. The van der Waals surface area contributed by atoms with Gasteiger partial charge in [0.05, 0.1) is 10.6 Å². The van der Waals surface area contributed by atoms with Crippen molar-refractivity contribution in [2.24, 2.45) is 0 Å². The number of hydrogen-bond donors (Lipinski definition) is 2. The van der Waals surface area contributed by atoms with Gasteiger partial charge in [-0.25, -0.2) is 0 Å². The maximum Gasteiger partial charge on any atom is 0.253 e. The number of hydrogen-bond acceptors (Lipinski definition) is 3. The molecule has 1 aromatic carbocycles. The smallest absolute Gasteiger partial charge is 0.253 e. The first kappa shape index (κ1) is 12.2. The van der Waals surface area contributed by atoms with Gasteiger partial charge in [0.25, 0.3) is 5.91 Å². The standard InChI is InChI=1S/C12H16ClN3O/c1-16-5-4-9(7-16)15-12(17)10-6-8(14)2-3-11(10)13/h2-3,6,9H,4-5,7,14H2,1H3,(H,15,17). The van der Waals surface area contributed by atoms with E-state index in [4.69, 9.17) is 17.3 Å². The van der Waals surface area contributed by atoms with Crippen molar-refractivity contribution in [3.8, 4) is 0 Å². The van der Waals surface area contributed by atoms with E-state index >= 15 is 0 Å². The minimum Gasteiger partial charge on any atom is -0.399 e. The van der Waals surface area contributed by atoms with Crippen molar-refractivity contribution in [1.29, 1.82) is 0 Å². The highest BCUT2D eigenvalue weighted by molar-refractivity contribution is 6.34. The lowest BCUT2D eigenvalue weighted by Crippen LogP contribution is -2.36. The number of amides is 1. The quantitative estimate of drug-likeness (QED) is 0.783. The van der Waals surface area contributed by atoms with Gasteiger partial charge < -0.3 is 16.0 Å². The SMILES string of the molecule is CN1CCC(NC(=O)c2cc(N)ccc2Cl)C1. The summed E-state index contributed by atoms with van der Waals surface area (Å²) in [5, 5.41) is 3.41. The van der Waals surface area contributed by atoms with Gasteiger partial charge in [0.2, 0.25) is 0 Å². The lowest BCUT2D eigenvalue weighted by molar-refractivity contribution is 0.0938. The third-order valence-electron chi connectivity index (χ3n) is 2.96. The molecule has 1 unspecified atom stereocenters. The summed E-state index contributed by atoms with van der Waals surface area (Å²) in [5.74, 6) is -0.150. The van der Waals surface area contributed by atoms with Crippen LogP contribution in [0.4, 0.5) is 5.69 Å². The van der Waals surface area contributed by atoms with Gasteiger partial charge in [-0.1, -0.05) is 11.6 Å². The molecule has 1 atom stereocenters. The van der Waals surface area contributed by atoms with Crippen molar-refractivity contribution in [3.05, 3.63) is 28.8 Å². The Morgan fingerprint density at radius 3 is 3.00 bits per heavy atom. The molecule has 1 aliphatic rings. The molecular formula is C12H16ClN3O. The van der Waals surface area contributed by atoms with Gasteiger partial charge in [-0.15, -0.1) is 0 Å². The van der Waals surface area contributed by atoms with E-state index in [1.54, 1.807) is 18.2 Å². The van der Waals surface area contributed by atoms with E-state index in [1.807, 2.05) is 7.05 Å². The van der Waals surface area contributed by atoms with E-state index in [0.29, 0.717) is 16.3 Å². The topological polar surface area (TPSA) is 58.4 Å². The van der Waals surface area contributed by atoms with Crippen LogP contribution in [0.2, 0.25) is 5.02 Å². The molecule has 17 heavy (non-hydrogen) atoms. The average molecular weight is 254 g/mol. The van der Waals surface area contributed by atoms with Crippen LogP contribution in [-0.4, -0.2) is 37.0 Å². The molecule has 1 saturated heterocycles. The molecule has 0 bridgehead atoms. The van der Waals surface area contributed by atoms with Crippen LogP contribution in [0.5, 0.6) is 0 Å². The summed E-state index contributed by atoms with van der Waals surface area (Å²) < 4.78 is 0. The van der Waals surface area contributed by atoms with E-state index in [0.717, 1.165) is 19.5 Å². The normalized spacial score (nSPS) is 20.5. The second kappa shape index (κ2) is 4.94. The molecule has 0 spiro atoms. The highest BCUT2D eigenvalue weighted by Gasteiger charge is 2.22. The van der Waals surface area contributed by atoms with Crippen LogP contribution in [0.1, 0.15) is 16.8 Å². The van der Waals surface area contributed by atoms with Gasteiger partial charge in [-0.05, 0) is 38.2 Å². The van der Waals surface area contributed by atoms with Crippen molar-refractivity contribution in [1.82, 2.24) is 10.2 Å². The molecule has 0 saturated carbocycles. The molecule has 2 rings (SSSR count). The van der Waals surface area contributed by atoms with Gasteiger partial charge in [0, 0.05) is 18.3 Å². The van der Waals surface area contributed by atoms with Gasteiger partial charge in [0.15, 0.2) is 0 Å². The Balaban J connectivity index is 2.06. The number of nitrogens with zero attached hydrogens (tertiary/aromatic N) is 1. The lowest BCUT2D eigenvalue weighted by Gasteiger charge is -2.13. The summed E-state index contributed by atoms with van der Waals surface area (Å²) in [6.45, 7) is 1.89. The predicted molar refractivity (Wildman–Crippen MR) is 69.2 cm³/mol. The molecule has 0 radical (unpaired) electrons. The number of nitrogen functional groups attached to an aromatic ring is 1. The number of rotatable bonds is 2. The maximum absolute atomic E-state index is 12.0. The van der Waals surface area contributed by atoms with E-state index in [9.17, 15) is 4.79 Å². The number of anilines is 1. The Hall–Kier alpha value is -1.26. The van der Waals surface area contributed by atoms with Gasteiger partial charge in [-0.3, -0.25) is 4.79 Å². The summed E-state index contributed by atoms with van der Waals surface area (Å²) in [6, 6.07) is 5.13. The van der Waals surface area contributed by atoms with E-state index in [1.165, 1.54) is 0 Å². The average Bonchev–Trinajstić information content (AvgIpc) is 2.67. The highest BCUT2D eigenvalue weighted by Crippen LogP contribution is 2.19. The van der Waals surface area contributed by atoms with Crippen LogP contribution in [0.3, 0.4) is 0 Å². The zero-order chi connectivity index (χ0) is 12.4. The summed E-state index contributed by atoms with van der Waals surface area (Å²) in [5.41, 5.74) is 6.64. The fourth-order valence-corrected chi connectivity index (χ4v) is 2.24. The minimum absolute atomic E-state index is 0.150. The molecule has 1 amide bonds. The fraction of sp³-hybridized carbons (Fsp3) is 0.417. The minimum atomic E-state index is -0.150. The summed E-state index contributed by atoms with van der Waals surface area (Å²) in [4.78, 5) is 14.2. The molecular weight excluding hydrogens is 238 g/mol. The molecule has 1 heterocycles. The van der Waals surface area contributed by atoms with Crippen LogP contribution >= 0.6 is 11.6 Å². The third kappa shape index (κ3) is 2.90. The third-order valence-corrected chi connectivity index (χ3v) is 3.29. The van der Waals surface area contributed by atoms with Crippen molar-refractivity contribution < 1.29 is 4.79 Å². The Bertz CT molecular complexity index is 436. The van der Waals surface area contributed by atoms with Crippen LogP contribution in [0.15, 0.2) is 18.2 Å². The first-order valence-corrected chi connectivity index (χ1v) is 5.98. The van der Waals surface area contributed by atoms with Crippen LogP contribution < -0.4 is 11.1 Å². The van der Waals surface area contributed by atoms with Gasteiger partial charge in [-0.2, -0.15) is 0 Å². The number of likely N-dealkylation sites (N-methyl/N-ethyl adjacent to an activating group) is 1. The number of carbonyl (C=O) groups excluding carboxylic acids is 1. The Morgan fingerprint density at radius 1 is 1.59 bits per heavy atom. The second-order valence-corrected chi connectivity index (χ2v) is 4.87. The van der Waals surface area contributed by atoms with Crippen LogP contribution in [0.25, 0.3) is 0 Å². The monoisotopic (exact) mass is 253 g/mol. The van der Waals surface area contributed by atoms with Crippen molar-refractivity contribution >= 4 is 23.2 Å². The van der Waals surface area contributed by atoms with Crippen molar-refractivity contribution in [2.45, 2.75) is 12.5 Å². The zero-order valence-corrected chi connectivity index (χ0v) is 10.5. The fourth-order valence-electron chi connectivity index (χ4n) is 2.03. The number of nitrogens with two attached hydrogens (primary N) is 1. The van der Waals surface area contributed by atoms with Gasteiger partial charge in [0.1, 0.15) is 0 Å². The number of halogens is 1. The first-order valence-electron chi connectivity index (χ1n) is 5.60. The number of carbonyl (C=O) groups is 1. The summed E-state index contributed by atoms with van der Waals surface area (Å²) in [7, 11) is 2.04. The Kier molecular flexibility index (Phi) is 3.54. The van der Waals surface area contributed by atoms with Crippen molar-refractivity contribution in [3.63, 3.8) is 0 Å². The van der Waals surface area contributed by atoms with Gasteiger partial charge >= 0.3 is 0 Å². The molecule has 0 aliphatic carbocycles.